The van der Waals surface area contributed by atoms with Gasteiger partial charge in [0.05, 0.1) is 5.76 Å². The summed E-state index contributed by atoms with van der Waals surface area (Å²) in [5.41, 5.74) is 2.53. The zero-order valence-corrected chi connectivity index (χ0v) is 15.2. The van der Waals surface area contributed by atoms with E-state index in [1.165, 1.54) is 11.1 Å². The molecule has 0 saturated carbocycles. The highest BCUT2D eigenvalue weighted by Crippen LogP contribution is 2.21. The highest BCUT2D eigenvalue weighted by atomic mass is 16.3. The smallest absolute Gasteiger partial charge is 0.314 e. The summed E-state index contributed by atoms with van der Waals surface area (Å²) in [5, 5.41) is 15.3. The van der Waals surface area contributed by atoms with Crippen molar-refractivity contribution < 1.29 is 9.90 Å². The number of aliphatic hydroxyl groups is 1. The van der Waals surface area contributed by atoms with Crippen LogP contribution in [0.5, 0.6) is 0 Å². The molecule has 1 aromatic carbocycles. The van der Waals surface area contributed by atoms with Crippen molar-refractivity contribution in [2.75, 3.05) is 27.2 Å². The maximum absolute atomic E-state index is 12.0. The van der Waals surface area contributed by atoms with Gasteiger partial charge in [0.2, 0.25) is 0 Å². The number of carbonyl (C=O) groups excluding carboxylic acids is 1. The van der Waals surface area contributed by atoms with Crippen molar-refractivity contribution in [1.82, 2.24) is 15.5 Å². The van der Waals surface area contributed by atoms with Crippen LogP contribution in [0.3, 0.4) is 0 Å². The fourth-order valence-corrected chi connectivity index (χ4v) is 2.82. The maximum Gasteiger partial charge on any atom is 0.314 e. The summed E-state index contributed by atoms with van der Waals surface area (Å²) in [6.45, 7) is 1.22. The molecule has 0 fully saturated rings. The van der Waals surface area contributed by atoms with Gasteiger partial charge in [0.25, 0.3) is 0 Å². The summed E-state index contributed by atoms with van der Waals surface area (Å²) in [4.78, 5) is 14.1. The molecule has 3 N–H and O–H groups in total. The number of amides is 2. The van der Waals surface area contributed by atoms with E-state index in [1.54, 1.807) is 6.08 Å². The summed E-state index contributed by atoms with van der Waals surface area (Å²) < 4.78 is 0. The number of allylic oxidation sites excluding steroid dienone is 3. The molecule has 1 aliphatic rings. The molecule has 0 bridgehead atoms. The van der Waals surface area contributed by atoms with Gasteiger partial charge in [-0.25, -0.2) is 4.79 Å². The van der Waals surface area contributed by atoms with Gasteiger partial charge in [-0.05, 0) is 45.0 Å². The monoisotopic (exact) mass is 343 g/mol. The Hall–Kier alpha value is -2.27. The number of nitrogens with one attached hydrogen (secondary N) is 2. The Balaban J connectivity index is 1.72. The molecule has 0 aromatic heterocycles. The molecule has 1 atom stereocenters. The molecule has 1 aromatic rings. The van der Waals surface area contributed by atoms with Crippen LogP contribution in [0.15, 0.2) is 53.8 Å². The van der Waals surface area contributed by atoms with E-state index in [9.17, 15) is 9.90 Å². The fourth-order valence-electron chi connectivity index (χ4n) is 2.82. The Kier molecular flexibility index (Phi) is 7.54. The van der Waals surface area contributed by atoms with Gasteiger partial charge < -0.3 is 20.6 Å². The number of hydrogen-bond acceptors (Lipinski definition) is 3. The lowest BCUT2D eigenvalue weighted by molar-refractivity contribution is 0.231. The number of likely N-dealkylation sites (N-methyl/N-ethyl adjacent to an activating group) is 1. The molecular weight excluding hydrogens is 314 g/mol. The number of rotatable bonds is 8. The average molecular weight is 343 g/mol. The Morgan fingerprint density at radius 1 is 1.16 bits per heavy atom. The summed E-state index contributed by atoms with van der Waals surface area (Å²) in [7, 11) is 4.05. The molecule has 5 heteroatoms. The first-order chi connectivity index (χ1) is 12.0. The van der Waals surface area contributed by atoms with Gasteiger partial charge >= 0.3 is 6.03 Å². The largest absolute Gasteiger partial charge is 0.512 e. The van der Waals surface area contributed by atoms with Crippen LogP contribution in [-0.4, -0.2) is 49.3 Å². The van der Waals surface area contributed by atoms with Crippen LogP contribution in [-0.2, 0) is 6.42 Å². The Morgan fingerprint density at radius 3 is 2.56 bits per heavy atom. The van der Waals surface area contributed by atoms with Crippen molar-refractivity contribution in [3.05, 3.63) is 59.4 Å². The van der Waals surface area contributed by atoms with E-state index in [2.05, 4.69) is 27.7 Å². The molecule has 2 rings (SSSR count). The number of urea groups is 1. The second kappa shape index (κ2) is 9.89. The van der Waals surface area contributed by atoms with Crippen molar-refractivity contribution in [1.29, 1.82) is 0 Å². The van der Waals surface area contributed by atoms with E-state index in [4.69, 9.17) is 0 Å². The first kappa shape index (κ1) is 19.1. The van der Waals surface area contributed by atoms with Gasteiger partial charge in [0.1, 0.15) is 0 Å². The molecule has 0 aliphatic heterocycles. The highest BCUT2D eigenvalue weighted by molar-refractivity contribution is 5.73. The van der Waals surface area contributed by atoms with Crippen LogP contribution >= 0.6 is 0 Å². The molecule has 0 radical (unpaired) electrons. The molecule has 5 nitrogen and oxygen atoms in total. The van der Waals surface area contributed by atoms with Gasteiger partial charge in [0.15, 0.2) is 0 Å². The van der Waals surface area contributed by atoms with Gasteiger partial charge in [-0.3, -0.25) is 0 Å². The van der Waals surface area contributed by atoms with Crippen LogP contribution in [0, 0.1) is 0 Å². The standard InChI is InChI=1S/C20H29N3O2/c1-23(2)18(14-17-8-10-19(24)11-9-17)15-22-20(25)21-13-12-16-6-4-3-5-7-16/h3-8,10,18,24H,9,11-15H2,1-2H3,(H2,21,22,25)/t18-/m0/s1. The SMILES string of the molecule is CN(C)[C@H](CNC(=O)NCCc1ccccc1)CC1=CC=C(O)CC1. The molecule has 0 unspecified atom stereocenters. The van der Waals surface area contributed by atoms with E-state index >= 15 is 0 Å². The first-order valence-electron chi connectivity index (χ1n) is 8.84. The third-order valence-corrected chi connectivity index (χ3v) is 4.48. The van der Waals surface area contributed by atoms with Gasteiger partial charge in [-0.1, -0.05) is 42.0 Å². The molecular formula is C20H29N3O2. The maximum atomic E-state index is 12.0. The van der Waals surface area contributed by atoms with Gasteiger partial charge in [0, 0.05) is 25.6 Å². The number of aliphatic hydroxyl groups excluding tert-OH is 1. The number of benzene rings is 1. The summed E-state index contributed by atoms with van der Waals surface area (Å²) >= 11 is 0. The van der Waals surface area contributed by atoms with E-state index < -0.39 is 0 Å². The fraction of sp³-hybridized carbons (Fsp3) is 0.450. The predicted octanol–water partition coefficient (Wildman–Crippen LogP) is 3.01. The molecule has 0 spiro atoms. The first-order valence-corrected chi connectivity index (χ1v) is 8.84. The quantitative estimate of drug-likeness (QED) is 0.680. The molecule has 0 heterocycles. The number of nitrogens with zero attached hydrogens (tertiary/aromatic N) is 1. The van der Waals surface area contributed by atoms with E-state index in [0.29, 0.717) is 25.3 Å². The van der Waals surface area contributed by atoms with E-state index in [0.717, 1.165) is 19.3 Å². The van der Waals surface area contributed by atoms with Gasteiger partial charge in [-0.2, -0.15) is 0 Å². The van der Waals surface area contributed by atoms with Crippen molar-refractivity contribution in [3.63, 3.8) is 0 Å². The Bertz CT molecular complexity index is 609. The van der Waals surface area contributed by atoms with Crippen molar-refractivity contribution in [3.8, 4) is 0 Å². The van der Waals surface area contributed by atoms with Crippen LogP contribution in [0.25, 0.3) is 0 Å². The molecule has 1 aliphatic carbocycles. The molecule has 0 saturated heterocycles. The lowest BCUT2D eigenvalue weighted by Crippen LogP contribution is -2.44. The minimum absolute atomic E-state index is 0.127. The van der Waals surface area contributed by atoms with Crippen LogP contribution in [0.4, 0.5) is 4.79 Å². The third kappa shape index (κ3) is 7.01. The molecule has 2 amide bonds. The van der Waals surface area contributed by atoms with Crippen LogP contribution in [0.2, 0.25) is 0 Å². The van der Waals surface area contributed by atoms with Gasteiger partial charge in [-0.15, -0.1) is 0 Å². The number of hydrogen-bond donors (Lipinski definition) is 3. The zero-order valence-electron chi connectivity index (χ0n) is 15.2. The topological polar surface area (TPSA) is 64.6 Å². The Labute approximate surface area is 150 Å². The van der Waals surface area contributed by atoms with Crippen molar-refractivity contribution in [2.45, 2.75) is 31.7 Å². The lowest BCUT2D eigenvalue weighted by atomic mass is 9.96. The van der Waals surface area contributed by atoms with Crippen molar-refractivity contribution >= 4 is 6.03 Å². The normalized spacial score (nSPS) is 15.3. The second-order valence-electron chi connectivity index (χ2n) is 6.68. The second-order valence-corrected chi connectivity index (χ2v) is 6.68. The summed E-state index contributed by atoms with van der Waals surface area (Å²) in [5.74, 6) is 0.445. The van der Waals surface area contributed by atoms with Crippen molar-refractivity contribution in [2.24, 2.45) is 0 Å². The number of carbonyl (C=O) groups is 1. The summed E-state index contributed by atoms with van der Waals surface area (Å²) in [6, 6.07) is 10.2. The van der Waals surface area contributed by atoms with Crippen LogP contribution < -0.4 is 10.6 Å². The molecule has 25 heavy (non-hydrogen) atoms. The third-order valence-electron chi connectivity index (χ3n) is 4.48. The lowest BCUT2D eigenvalue weighted by Gasteiger charge is -2.26. The zero-order chi connectivity index (χ0) is 18.1. The summed E-state index contributed by atoms with van der Waals surface area (Å²) in [6.07, 6.45) is 7.08. The molecule has 136 valence electrons. The highest BCUT2D eigenvalue weighted by Gasteiger charge is 2.16. The Morgan fingerprint density at radius 2 is 1.92 bits per heavy atom. The van der Waals surface area contributed by atoms with Crippen LogP contribution in [0.1, 0.15) is 24.8 Å². The van der Waals surface area contributed by atoms with E-state index in [-0.39, 0.29) is 12.1 Å². The minimum Gasteiger partial charge on any atom is -0.512 e. The predicted molar refractivity (Wildman–Crippen MR) is 102 cm³/mol. The van der Waals surface area contributed by atoms with E-state index in [1.807, 2.05) is 38.4 Å². The average Bonchev–Trinajstić information content (AvgIpc) is 2.61. The minimum atomic E-state index is -0.127.